The molecule has 0 aromatic carbocycles. The maximum Gasteiger partial charge on any atom is 0.271 e. The van der Waals surface area contributed by atoms with Gasteiger partial charge in [0.2, 0.25) is 0 Å². The van der Waals surface area contributed by atoms with Crippen LogP contribution in [0.5, 0.6) is 0 Å². The molecule has 0 bridgehead atoms. The Balaban J connectivity index is 1.80. The summed E-state index contributed by atoms with van der Waals surface area (Å²) in [6, 6.07) is 0. The van der Waals surface area contributed by atoms with Crippen LogP contribution < -0.4 is 10.9 Å². The Bertz CT molecular complexity index is 880. The van der Waals surface area contributed by atoms with Crippen LogP contribution in [0.2, 0.25) is 0 Å². The standard InChI is InChI=1S/C13H13N5O2S2/c1-7(2)10-9(22-17-16-10)6-14-11(19)8-5-15-13-18(12(8)20)3-4-21-13/h3-5,7H,6H2,1-2H3,(H,14,19). The first-order chi connectivity index (χ1) is 10.6. The van der Waals surface area contributed by atoms with Crippen LogP contribution in [0, 0.1) is 0 Å². The van der Waals surface area contributed by atoms with E-state index in [-0.39, 0.29) is 17.0 Å². The van der Waals surface area contributed by atoms with E-state index in [4.69, 9.17) is 0 Å². The Hall–Kier alpha value is -2.13. The quantitative estimate of drug-likeness (QED) is 0.783. The molecule has 0 saturated heterocycles. The summed E-state index contributed by atoms with van der Waals surface area (Å²) in [4.78, 5) is 30.0. The van der Waals surface area contributed by atoms with Crippen molar-refractivity contribution in [2.24, 2.45) is 0 Å². The lowest BCUT2D eigenvalue weighted by Gasteiger charge is -2.06. The molecule has 3 heterocycles. The molecule has 22 heavy (non-hydrogen) atoms. The zero-order valence-electron chi connectivity index (χ0n) is 11.9. The van der Waals surface area contributed by atoms with Crippen LogP contribution >= 0.6 is 22.9 Å². The second-order valence-electron chi connectivity index (χ2n) is 4.95. The molecule has 1 N–H and O–H groups in total. The normalized spacial score (nSPS) is 11.2. The number of carbonyl (C=O) groups excluding carboxylic acids is 1. The Morgan fingerprint density at radius 1 is 1.45 bits per heavy atom. The van der Waals surface area contributed by atoms with Gasteiger partial charge in [-0.3, -0.25) is 14.0 Å². The molecule has 0 fully saturated rings. The van der Waals surface area contributed by atoms with Crippen LogP contribution in [0.25, 0.3) is 4.96 Å². The zero-order chi connectivity index (χ0) is 15.7. The van der Waals surface area contributed by atoms with E-state index in [0.717, 1.165) is 10.6 Å². The predicted molar refractivity (Wildman–Crippen MR) is 84.5 cm³/mol. The van der Waals surface area contributed by atoms with Crippen LogP contribution in [-0.2, 0) is 6.54 Å². The van der Waals surface area contributed by atoms with Crippen molar-refractivity contribution in [2.75, 3.05) is 0 Å². The smallest absolute Gasteiger partial charge is 0.271 e. The molecule has 0 radical (unpaired) electrons. The van der Waals surface area contributed by atoms with Crippen molar-refractivity contribution >= 4 is 33.7 Å². The number of hydrogen-bond acceptors (Lipinski definition) is 7. The summed E-state index contributed by atoms with van der Waals surface area (Å²) in [5.41, 5.74) is 0.531. The van der Waals surface area contributed by atoms with E-state index in [1.165, 1.54) is 33.5 Å². The molecule has 0 aliphatic rings. The van der Waals surface area contributed by atoms with Crippen molar-refractivity contribution in [3.8, 4) is 0 Å². The molecule has 7 nitrogen and oxygen atoms in total. The van der Waals surface area contributed by atoms with Crippen LogP contribution in [-0.4, -0.2) is 24.9 Å². The van der Waals surface area contributed by atoms with Crippen molar-refractivity contribution in [3.63, 3.8) is 0 Å². The fourth-order valence-electron chi connectivity index (χ4n) is 2.01. The molecular formula is C13H13N5O2S2. The lowest BCUT2D eigenvalue weighted by molar-refractivity contribution is 0.0949. The highest BCUT2D eigenvalue weighted by atomic mass is 32.1. The molecule has 0 spiro atoms. The summed E-state index contributed by atoms with van der Waals surface area (Å²) >= 11 is 2.59. The van der Waals surface area contributed by atoms with Crippen molar-refractivity contribution < 1.29 is 4.79 Å². The summed E-state index contributed by atoms with van der Waals surface area (Å²) in [6.07, 6.45) is 2.92. The highest BCUT2D eigenvalue weighted by Gasteiger charge is 2.16. The first kappa shape index (κ1) is 14.8. The van der Waals surface area contributed by atoms with Gasteiger partial charge in [0.15, 0.2) is 4.96 Å². The second-order valence-corrected chi connectivity index (χ2v) is 6.66. The first-order valence-corrected chi connectivity index (χ1v) is 8.27. The Labute approximate surface area is 133 Å². The number of amides is 1. The van der Waals surface area contributed by atoms with Crippen LogP contribution in [0.4, 0.5) is 0 Å². The van der Waals surface area contributed by atoms with Gasteiger partial charge >= 0.3 is 0 Å². The fourth-order valence-corrected chi connectivity index (χ4v) is 3.42. The van der Waals surface area contributed by atoms with Gasteiger partial charge in [-0.05, 0) is 17.5 Å². The van der Waals surface area contributed by atoms with Gasteiger partial charge in [0.1, 0.15) is 5.56 Å². The summed E-state index contributed by atoms with van der Waals surface area (Å²) in [5.74, 6) is -0.207. The van der Waals surface area contributed by atoms with Crippen LogP contribution in [0.1, 0.15) is 40.7 Å². The van der Waals surface area contributed by atoms with E-state index in [9.17, 15) is 9.59 Å². The largest absolute Gasteiger partial charge is 0.347 e. The molecule has 0 saturated carbocycles. The number of carbonyl (C=O) groups is 1. The Morgan fingerprint density at radius 2 is 2.27 bits per heavy atom. The van der Waals surface area contributed by atoms with Gasteiger partial charge in [0.25, 0.3) is 11.5 Å². The highest BCUT2D eigenvalue weighted by Crippen LogP contribution is 2.19. The molecule has 114 valence electrons. The van der Waals surface area contributed by atoms with Crippen molar-refractivity contribution in [1.82, 2.24) is 24.3 Å². The number of nitrogens with one attached hydrogen (secondary N) is 1. The second kappa shape index (κ2) is 5.93. The molecule has 0 aliphatic heterocycles. The molecule has 0 unspecified atom stereocenters. The fraction of sp³-hybridized carbons (Fsp3) is 0.308. The van der Waals surface area contributed by atoms with Crippen molar-refractivity contribution in [3.05, 3.63) is 44.3 Å². The predicted octanol–water partition coefficient (Wildman–Crippen LogP) is 1.66. The number of fused-ring (bicyclic) bond motifs is 1. The molecule has 0 atom stereocenters. The van der Waals surface area contributed by atoms with Gasteiger partial charge in [-0.1, -0.05) is 18.3 Å². The zero-order valence-corrected chi connectivity index (χ0v) is 13.6. The topological polar surface area (TPSA) is 89.2 Å². The van der Waals surface area contributed by atoms with E-state index in [0.29, 0.717) is 11.5 Å². The maximum atomic E-state index is 12.2. The third kappa shape index (κ3) is 2.64. The van der Waals surface area contributed by atoms with Crippen molar-refractivity contribution in [2.45, 2.75) is 26.3 Å². The molecule has 0 aliphatic carbocycles. The first-order valence-electron chi connectivity index (χ1n) is 6.62. The average molecular weight is 335 g/mol. The minimum absolute atomic E-state index is 0.0273. The van der Waals surface area contributed by atoms with Gasteiger partial charge in [-0.15, -0.1) is 16.4 Å². The summed E-state index contributed by atoms with van der Waals surface area (Å²) in [6.45, 7) is 4.33. The van der Waals surface area contributed by atoms with Crippen LogP contribution in [0.3, 0.4) is 0 Å². The number of rotatable bonds is 4. The van der Waals surface area contributed by atoms with Crippen LogP contribution in [0.15, 0.2) is 22.6 Å². The van der Waals surface area contributed by atoms with E-state index in [1.807, 2.05) is 13.8 Å². The molecule has 9 heteroatoms. The SMILES string of the molecule is CC(C)c1nnsc1CNC(=O)c1cnc2sccn2c1=O. The number of thiazole rings is 1. The molecule has 3 aromatic heterocycles. The Morgan fingerprint density at radius 3 is 3.05 bits per heavy atom. The van der Waals surface area contributed by atoms with E-state index in [1.54, 1.807) is 11.6 Å². The molecule has 1 amide bonds. The van der Waals surface area contributed by atoms with E-state index < -0.39 is 5.91 Å². The van der Waals surface area contributed by atoms with Gasteiger partial charge < -0.3 is 5.32 Å². The number of aromatic nitrogens is 4. The third-order valence-electron chi connectivity index (χ3n) is 3.13. The summed E-state index contributed by atoms with van der Waals surface area (Å²) in [7, 11) is 0. The molecular weight excluding hydrogens is 322 g/mol. The van der Waals surface area contributed by atoms with Gasteiger partial charge in [0.05, 0.1) is 17.1 Å². The summed E-state index contributed by atoms with van der Waals surface area (Å²) < 4.78 is 5.28. The number of hydrogen-bond donors (Lipinski definition) is 1. The average Bonchev–Trinajstić information content (AvgIpc) is 3.14. The minimum atomic E-state index is -0.443. The maximum absolute atomic E-state index is 12.2. The number of nitrogens with zero attached hydrogens (tertiary/aromatic N) is 4. The third-order valence-corrected chi connectivity index (χ3v) is 4.64. The van der Waals surface area contributed by atoms with Gasteiger partial charge in [0, 0.05) is 17.8 Å². The van der Waals surface area contributed by atoms with E-state index >= 15 is 0 Å². The Kier molecular flexibility index (Phi) is 3.99. The van der Waals surface area contributed by atoms with Gasteiger partial charge in [-0.25, -0.2) is 4.98 Å². The van der Waals surface area contributed by atoms with E-state index in [2.05, 4.69) is 19.9 Å². The van der Waals surface area contributed by atoms with Gasteiger partial charge in [-0.2, -0.15) is 0 Å². The summed E-state index contributed by atoms with van der Waals surface area (Å²) in [5, 5.41) is 8.55. The minimum Gasteiger partial charge on any atom is -0.347 e. The van der Waals surface area contributed by atoms with Crippen molar-refractivity contribution in [1.29, 1.82) is 0 Å². The molecule has 3 rings (SSSR count). The lowest BCUT2D eigenvalue weighted by atomic mass is 10.1. The lowest BCUT2D eigenvalue weighted by Crippen LogP contribution is -2.30. The monoisotopic (exact) mass is 335 g/mol. The highest BCUT2D eigenvalue weighted by molar-refractivity contribution is 7.15. The molecule has 3 aromatic rings.